The summed E-state index contributed by atoms with van der Waals surface area (Å²) in [6.45, 7) is 3.76. The number of hydrogen-bond donors (Lipinski definition) is 1. The second-order valence-electron chi connectivity index (χ2n) is 5.89. The number of halogens is 2. The predicted octanol–water partition coefficient (Wildman–Crippen LogP) is 4.36. The average Bonchev–Trinajstić information content (AvgIpc) is 3.01. The summed E-state index contributed by atoms with van der Waals surface area (Å²) in [5.41, 5.74) is 0.206. The highest BCUT2D eigenvalue weighted by Crippen LogP contribution is 2.32. The Bertz CT molecular complexity index is 987. The molecule has 0 fully saturated rings. The number of pyridine rings is 1. The fourth-order valence-corrected chi connectivity index (χ4v) is 3.72. The Kier molecular flexibility index (Phi) is 6.45. The van der Waals surface area contributed by atoms with Gasteiger partial charge in [0, 0.05) is 24.2 Å². The van der Waals surface area contributed by atoms with E-state index >= 15 is 0 Å². The molecule has 1 atom stereocenters. The second-order valence-corrected chi connectivity index (χ2v) is 7.65. The number of nitrogens with zero attached hydrogens (tertiary/aromatic N) is 2. The Morgan fingerprint density at radius 1 is 1.46 bits per heavy atom. The topological polar surface area (TPSA) is 54.5 Å². The molecular formula is C20H17ClFN3O2S. The molecule has 1 amide bonds. The molecule has 0 saturated heterocycles. The van der Waals surface area contributed by atoms with Gasteiger partial charge >= 0.3 is 0 Å². The first kappa shape index (κ1) is 20.1. The Hall–Kier alpha value is -2.69. The van der Waals surface area contributed by atoms with Crippen molar-refractivity contribution in [2.75, 3.05) is 0 Å². The first-order chi connectivity index (χ1) is 13.5. The van der Waals surface area contributed by atoms with Gasteiger partial charge in [-0.15, -0.1) is 0 Å². The van der Waals surface area contributed by atoms with Crippen LogP contribution < -0.4 is 10.1 Å². The van der Waals surface area contributed by atoms with Crippen molar-refractivity contribution in [1.29, 1.82) is 0 Å². The molecular weight excluding hydrogens is 401 g/mol. The van der Waals surface area contributed by atoms with Crippen LogP contribution in [0.25, 0.3) is 0 Å². The zero-order valence-electron chi connectivity index (χ0n) is 15.2. The number of thioether (sulfide) groups is 1. The van der Waals surface area contributed by atoms with Crippen LogP contribution >= 0.6 is 23.4 Å². The summed E-state index contributed by atoms with van der Waals surface area (Å²) < 4.78 is 19.4. The number of para-hydroxylation sites is 1. The smallest absolute Gasteiger partial charge is 0.257 e. The molecule has 144 valence electrons. The quantitative estimate of drug-likeness (QED) is 0.732. The van der Waals surface area contributed by atoms with E-state index in [-0.39, 0.29) is 23.2 Å². The van der Waals surface area contributed by atoms with Crippen molar-refractivity contribution in [3.05, 3.63) is 69.7 Å². The van der Waals surface area contributed by atoms with E-state index in [1.54, 1.807) is 31.2 Å². The van der Waals surface area contributed by atoms with Crippen molar-refractivity contribution in [3.8, 4) is 17.8 Å². The minimum atomic E-state index is -0.489. The largest absolute Gasteiger partial charge is 0.407 e. The molecule has 1 aliphatic rings. The van der Waals surface area contributed by atoms with Gasteiger partial charge in [-0.05, 0) is 25.1 Å². The number of allylic oxidation sites excluding steroid dienone is 1. The third-order valence-electron chi connectivity index (χ3n) is 3.81. The highest BCUT2D eigenvalue weighted by molar-refractivity contribution is 8.03. The van der Waals surface area contributed by atoms with Crippen LogP contribution in [0.5, 0.6) is 5.75 Å². The summed E-state index contributed by atoms with van der Waals surface area (Å²) in [6.07, 6.45) is 5.75. The van der Waals surface area contributed by atoms with Gasteiger partial charge in [-0.25, -0.2) is 4.39 Å². The average molecular weight is 418 g/mol. The van der Waals surface area contributed by atoms with Gasteiger partial charge in [-0.2, -0.15) is 0 Å². The number of amides is 1. The van der Waals surface area contributed by atoms with E-state index in [0.717, 1.165) is 4.91 Å². The molecule has 1 aromatic heterocycles. The molecule has 8 heteroatoms. The number of nitrogens with one attached hydrogen (secondary N) is 1. The number of rotatable bonds is 5. The number of hydrogen-bond acceptors (Lipinski definition) is 5. The maximum absolute atomic E-state index is 14.1. The van der Waals surface area contributed by atoms with E-state index in [2.05, 4.69) is 22.3 Å². The summed E-state index contributed by atoms with van der Waals surface area (Å²) in [5.74, 6) is 2.20. The molecule has 28 heavy (non-hydrogen) atoms. The van der Waals surface area contributed by atoms with Gasteiger partial charge < -0.3 is 15.0 Å². The standard InChI is InChI=1S/C20H17ClFN3O2S/c1-3-8-27-18-7-5-4-6-15(18)19(26)24-20-25(11-13(2)28-20)12-17-16(22)9-14(21)10-23-17/h4-7,9-11,20H,12H2,1-2H3,(H,24,26). The first-order valence-electron chi connectivity index (χ1n) is 8.37. The highest BCUT2D eigenvalue weighted by atomic mass is 35.5. The molecule has 0 radical (unpaired) electrons. The van der Waals surface area contributed by atoms with E-state index in [4.69, 9.17) is 16.3 Å². The molecule has 5 nitrogen and oxygen atoms in total. The molecule has 1 aliphatic heterocycles. The van der Waals surface area contributed by atoms with E-state index in [0.29, 0.717) is 11.3 Å². The highest BCUT2D eigenvalue weighted by Gasteiger charge is 2.27. The van der Waals surface area contributed by atoms with E-state index < -0.39 is 11.3 Å². The number of ether oxygens (including phenoxy) is 1. The van der Waals surface area contributed by atoms with Crippen LogP contribution in [-0.2, 0) is 6.54 Å². The third kappa shape index (κ3) is 4.77. The van der Waals surface area contributed by atoms with Crippen LogP contribution in [0.2, 0.25) is 5.02 Å². The lowest BCUT2D eigenvalue weighted by molar-refractivity contribution is 0.0921. The molecule has 2 aromatic rings. The summed E-state index contributed by atoms with van der Waals surface area (Å²) in [5, 5.41) is 3.17. The SMILES string of the molecule is CC#COc1ccccc1C(=O)NC1SC(C)=CN1Cc1ncc(Cl)cc1F. The maximum Gasteiger partial charge on any atom is 0.257 e. The Morgan fingerprint density at radius 2 is 2.25 bits per heavy atom. The van der Waals surface area contributed by atoms with Crippen LogP contribution in [-0.4, -0.2) is 21.3 Å². The van der Waals surface area contributed by atoms with Gasteiger partial charge in [0.2, 0.25) is 0 Å². The fourth-order valence-electron chi connectivity index (χ4n) is 2.59. The lowest BCUT2D eigenvalue weighted by atomic mass is 10.2. The van der Waals surface area contributed by atoms with Gasteiger partial charge in [0.15, 0.2) is 11.2 Å². The van der Waals surface area contributed by atoms with Crippen molar-refractivity contribution >= 4 is 29.3 Å². The molecule has 1 unspecified atom stereocenters. The molecule has 3 rings (SSSR count). The molecule has 2 heterocycles. The van der Waals surface area contributed by atoms with Crippen LogP contribution in [0.1, 0.15) is 29.9 Å². The van der Waals surface area contributed by atoms with Crippen LogP contribution in [0.4, 0.5) is 4.39 Å². The zero-order chi connectivity index (χ0) is 20.1. The number of carbonyl (C=O) groups is 1. The van der Waals surface area contributed by atoms with Gasteiger partial charge in [-0.1, -0.05) is 41.4 Å². The van der Waals surface area contributed by atoms with Crippen molar-refractivity contribution in [3.63, 3.8) is 0 Å². The normalized spacial score (nSPS) is 15.5. The van der Waals surface area contributed by atoms with Crippen LogP contribution in [0.3, 0.4) is 0 Å². The van der Waals surface area contributed by atoms with Gasteiger partial charge in [0.05, 0.1) is 22.8 Å². The maximum atomic E-state index is 14.1. The molecule has 1 N–H and O–H groups in total. The van der Waals surface area contributed by atoms with Gasteiger partial charge in [0.25, 0.3) is 5.91 Å². The zero-order valence-corrected chi connectivity index (χ0v) is 16.8. The number of benzene rings is 1. The van der Waals surface area contributed by atoms with Crippen molar-refractivity contribution in [2.45, 2.75) is 25.9 Å². The molecule has 0 bridgehead atoms. The van der Waals surface area contributed by atoms with Crippen molar-refractivity contribution in [1.82, 2.24) is 15.2 Å². The van der Waals surface area contributed by atoms with Gasteiger partial charge in [-0.3, -0.25) is 9.78 Å². The molecule has 0 spiro atoms. The van der Waals surface area contributed by atoms with E-state index in [9.17, 15) is 9.18 Å². The third-order valence-corrected chi connectivity index (χ3v) is 5.11. The lowest BCUT2D eigenvalue weighted by Gasteiger charge is -2.25. The Balaban J connectivity index is 1.75. The van der Waals surface area contributed by atoms with Crippen molar-refractivity contribution < 1.29 is 13.9 Å². The van der Waals surface area contributed by atoms with E-state index in [1.165, 1.54) is 24.0 Å². The lowest BCUT2D eigenvalue weighted by Crippen LogP contribution is -2.41. The molecule has 0 saturated carbocycles. The minimum absolute atomic E-state index is 0.192. The first-order valence-corrected chi connectivity index (χ1v) is 9.63. The monoisotopic (exact) mass is 417 g/mol. The predicted molar refractivity (Wildman–Crippen MR) is 108 cm³/mol. The van der Waals surface area contributed by atoms with Crippen molar-refractivity contribution in [2.24, 2.45) is 0 Å². The number of aromatic nitrogens is 1. The van der Waals surface area contributed by atoms with Gasteiger partial charge in [0.1, 0.15) is 11.9 Å². The summed E-state index contributed by atoms with van der Waals surface area (Å²) in [4.78, 5) is 19.6. The minimum Gasteiger partial charge on any atom is -0.407 e. The Labute approximate surface area is 171 Å². The molecule has 0 aliphatic carbocycles. The second kappa shape index (κ2) is 9.00. The van der Waals surface area contributed by atoms with Crippen LogP contribution in [0.15, 0.2) is 47.6 Å². The summed E-state index contributed by atoms with van der Waals surface area (Å²) in [7, 11) is 0. The summed E-state index contributed by atoms with van der Waals surface area (Å²) >= 11 is 7.22. The van der Waals surface area contributed by atoms with E-state index in [1.807, 2.05) is 18.0 Å². The number of carbonyl (C=O) groups excluding carboxylic acids is 1. The van der Waals surface area contributed by atoms with Crippen LogP contribution in [0, 0.1) is 17.8 Å². The fraction of sp³-hybridized carbons (Fsp3) is 0.200. The summed E-state index contributed by atoms with van der Waals surface area (Å²) in [6, 6.07) is 8.07. The molecule has 1 aromatic carbocycles. The Morgan fingerprint density at radius 3 is 3.00 bits per heavy atom.